The Bertz CT molecular complexity index is 124. The van der Waals surface area contributed by atoms with Crippen LogP contribution in [0.1, 0.15) is 33.1 Å². The van der Waals surface area contributed by atoms with Gasteiger partial charge in [-0.15, -0.1) is 0 Å². The Morgan fingerprint density at radius 3 is 2.09 bits per heavy atom. The van der Waals surface area contributed by atoms with Crippen molar-refractivity contribution in [2.24, 2.45) is 5.92 Å². The topological polar surface area (TPSA) is 17.1 Å². The van der Waals surface area contributed by atoms with Crippen molar-refractivity contribution in [1.82, 2.24) is 0 Å². The first-order chi connectivity index (χ1) is 4.64. The molecule has 3 heteroatoms. The third-order valence-electron chi connectivity index (χ3n) is 1.95. The number of hydrogen-bond acceptors (Lipinski definition) is 1. The van der Waals surface area contributed by atoms with E-state index in [0.717, 1.165) is 6.29 Å². The first kappa shape index (κ1) is 10.5. The van der Waals surface area contributed by atoms with Gasteiger partial charge in [0.15, 0.2) is 0 Å². The monoisotopic (exact) mass is 164 g/mol. The molecule has 66 valence electrons. The quantitative estimate of drug-likeness (QED) is 0.544. The Kier molecular flexibility index (Phi) is 3.63. The van der Waals surface area contributed by atoms with E-state index in [9.17, 15) is 13.6 Å². The van der Waals surface area contributed by atoms with Crippen LogP contribution < -0.4 is 0 Å². The van der Waals surface area contributed by atoms with Gasteiger partial charge >= 0.3 is 0 Å². The molecular weight excluding hydrogens is 150 g/mol. The van der Waals surface area contributed by atoms with Crippen LogP contribution in [0.5, 0.6) is 0 Å². The highest BCUT2D eigenvalue weighted by molar-refractivity contribution is 5.53. The van der Waals surface area contributed by atoms with Gasteiger partial charge in [0, 0.05) is 18.8 Å². The summed E-state index contributed by atoms with van der Waals surface area (Å²) in [7, 11) is 0. The molecule has 1 rings (SSSR count). The zero-order valence-electron chi connectivity index (χ0n) is 5.65. The Labute approximate surface area is 65.8 Å². The zero-order valence-corrected chi connectivity index (χ0v) is 5.65. The highest BCUT2D eigenvalue weighted by atomic mass is 19.3. The Morgan fingerprint density at radius 2 is 1.73 bits per heavy atom. The van der Waals surface area contributed by atoms with Crippen molar-refractivity contribution in [3.05, 3.63) is 0 Å². The van der Waals surface area contributed by atoms with Gasteiger partial charge in [-0.05, 0) is 12.8 Å². The normalized spacial score (nSPS) is 23.8. The molecule has 1 saturated carbocycles. The molecule has 0 atom stereocenters. The second-order valence-corrected chi connectivity index (χ2v) is 2.83. The average Bonchev–Trinajstić information content (AvgIpc) is 1.88. The van der Waals surface area contributed by atoms with E-state index in [2.05, 4.69) is 0 Å². The van der Waals surface area contributed by atoms with Gasteiger partial charge in [0.1, 0.15) is 6.29 Å². The van der Waals surface area contributed by atoms with Crippen molar-refractivity contribution in [3.63, 3.8) is 0 Å². The number of aldehydes is 1. The van der Waals surface area contributed by atoms with E-state index in [1.165, 1.54) is 0 Å². The molecule has 0 heterocycles. The van der Waals surface area contributed by atoms with Gasteiger partial charge < -0.3 is 4.79 Å². The second kappa shape index (κ2) is 3.79. The van der Waals surface area contributed by atoms with Gasteiger partial charge in [-0.3, -0.25) is 0 Å². The molecule has 0 bridgehead atoms. The smallest absolute Gasteiger partial charge is 0.248 e. The molecule has 0 aromatic rings. The summed E-state index contributed by atoms with van der Waals surface area (Å²) in [6.45, 7) is 0. The van der Waals surface area contributed by atoms with E-state index >= 15 is 0 Å². The fraction of sp³-hybridized carbons (Fsp3) is 0.875. The van der Waals surface area contributed by atoms with Gasteiger partial charge in [-0.1, -0.05) is 7.43 Å². The SMILES string of the molecule is C.O=CC1CCC(F)(F)CC1. The minimum absolute atomic E-state index is 0. The highest BCUT2D eigenvalue weighted by Gasteiger charge is 2.34. The summed E-state index contributed by atoms with van der Waals surface area (Å²) in [5, 5.41) is 0. The lowest BCUT2D eigenvalue weighted by molar-refractivity contribution is -0.115. The number of hydrogen-bond donors (Lipinski definition) is 0. The fourth-order valence-electron chi connectivity index (χ4n) is 1.20. The maximum atomic E-state index is 12.4. The summed E-state index contributed by atoms with van der Waals surface area (Å²) in [6, 6.07) is 0. The van der Waals surface area contributed by atoms with Gasteiger partial charge in [-0.2, -0.15) is 0 Å². The van der Waals surface area contributed by atoms with Gasteiger partial charge in [-0.25, -0.2) is 8.78 Å². The van der Waals surface area contributed by atoms with Crippen LogP contribution >= 0.6 is 0 Å². The summed E-state index contributed by atoms with van der Waals surface area (Å²) in [4.78, 5) is 10.1. The predicted octanol–water partition coefficient (Wildman–Crippen LogP) is 2.65. The minimum atomic E-state index is -2.50. The fourth-order valence-corrected chi connectivity index (χ4v) is 1.20. The molecule has 0 aliphatic heterocycles. The van der Waals surface area contributed by atoms with Crippen molar-refractivity contribution in [1.29, 1.82) is 0 Å². The summed E-state index contributed by atoms with van der Waals surface area (Å²) in [6.07, 6.45) is 1.27. The number of halogens is 2. The van der Waals surface area contributed by atoms with E-state index in [0.29, 0.717) is 12.8 Å². The maximum Gasteiger partial charge on any atom is 0.248 e. The number of rotatable bonds is 1. The molecule has 0 N–H and O–H groups in total. The van der Waals surface area contributed by atoms with Crippen molar-refractivity contribution in [2.75, 3.05) is 0 Å². The van der Waals surface area contributed by atoms with Crippen LogP contribution in [0.25, 0.3) is 0 Å². The van der Waals surface area contributed by atoms with E-state index in [1.807, 2.05) is 0 Å². The second-order valence-electron chi connectivity index (χ2n) is 2.83. The lowest BCUT2D eigenvalue weighted by Gasteiger charge is -2.24. The molecule has 0 aromatic heterocycles. The Balaban J connectivity index is 0.000001000. The molecule has 0 amide bonds. The van der Waals surface area contributed by atoms with Crippen LogP contribution in [-0.2, 0) is 4.79 Å². The van der Waals surface area contributed by atoms with Crippen LogP contribution in [-0.4, -0.2) is 12.2 Å². The van der Waals surface area contributed by atoms with Crippen molar-refractivity contribution < 1.29 is 13.6 Å². The van der Waals surface area contributed by atoms with E-state index < -0.39 is 5.92 Å². The standard InChI is InChI=1S/C7H10F2O.CH4/c8-7(9)3-1-6(5-10)2-4-7;/h5-6H,1-4H2;1H4. The molecule has 0 spiro atoms. The summed E-state index contributed by atoms with van der Waals surface area (Å²) in [5.74, 6) is -2.61. The van der Waals surface area contributed by atoms with E-state index in [1.54, 1.807) is 0 Å². The van der Waals surface area contributed by atoms with Crippen molar-refractivity contribution >= 4 is 6.29 Å². The lowest BCUT2D eigenvalue weighted by atomic mass is 9.88. The molecule has 0 radical (unpaired) electrons. The van der Waals surface area contributed by atoms with Crippen LogP contribution in [0.3, 0.4) is 0 Å². The molecular formula is C8H14F2O. The molecule has 11 heavy (non-hydrogen) atoms. The van der Waals surface area contributed by atoms with Gasteiger partial charge in [0.25, 0.3) is 0 Å². The first-order valence-electron chi connectivity index (χ1n) is 3.47. The summed E-state index contributed by atoms with van der Waals surface area (Å²) >= 11 is 0. The van der Waals surface area contributed by atoms with Crippen LogP contribution in [0.2, 0.25) is 0 Å². The van der Waals surface area contributed by atoms with Crippen molar-refractivity contribution in [3.8, 4) is 0 Å². The zero-order chi connectivity index (χ0) is 7.61. The summed E-state index contributed by atoms with van der Waals surface area (Å²) < 4.78 is 24.8. The van der Waals surface area contributed by atoms with E-state index in [-0.39, 0.29) is 26.2 Å². The first-order valence-corrected chi connectivity index (χ1v) is 3.47. The highest BCUT2D eigenvalue weighted by Crippen LogP contribution is 2.34. The average molecular weight is 164 g/mol. The number of carbonyl (C=O) groups is 1. The van der Waals surface area contributed by atoms with Crippen LogP contribution in [0.15, 0.2) is 0 Å². The van der Waals surface area contributed by atoms with E-state index in [4.69, 9.17) is 0 Å². The lowest BCUT2D eigenvalue weighted by Crippen LogP contribution is -2.24. The molecule has 1 fully saturated rings. The molecule has 0 aromatic carbocycles. The van der Waals surface area contributed by atoms with Crippen LogP contribution in [0.4, 0.5) is 8.78 Å². The van der Waals surface area contributed by atoms with Gasteiger partial charge in [0.2, 0.25) is 5.92 Å². The molecule has 0 saturated heterocycles. The Hall–Kier alpha value is -0.470. The summed E-state index contributed by atoms with van der Waals surface area (Å²) in [5.41, 5.74) is 0. The largest absolute Gasteiger partial charge is 0.303 e. The number of carbonyl (C=O) groups excluding carboxylic acids is 1. The van der Waals surface area contributed by atoms with Crippen LogP contribution in [0, 0.1) is 5.92 Å². The third-order valence-corrected chi connectivity index (χ3v) is 1.95. The molecule has 0 unspecified atom stereocenters. The van der Waals surface area contributed by atoms with Crippen molar-refractivity contribution in [2.45, 2.75) is 39.0 Å². The molecule has 1 nitrogen and oxygen atoms in total. The third kappa shape index (κ3) is 2.95. The minimum Gasteiger partial charge on any atom is -0.303 e. The van der Waals surface area contributed by atoms with Gasteiger partial charge in [0.05, 0.1) is 0 Å². The maximum absolute atomic E-state index is 12.4. The predicted molar refractivity (Wildman–Crippen MR) is 39.7 cm³/mol. The molecule has 1 aliphatic carbocycles. The Morgan fingerprint density at radius 1 is 1.27 bits per heavy atom. The number of alkyl halides is 2. The molecule has 1 aliphatic rings.